The number of hydrogen-bond acceptors (Lipinski definition) is 2. The van der Waals surface area contributed by atoms with Crippen LogP contribution in [0.15, 0.2) is 0 Å². The number of hydrogen-bond donors (Lipinski definition) is 2. The zero-order valence-corrected chi connectivity index (χ0v) is 7.72. The molecule has 0 rings (SSSR count). The van der Waals surface area contributed by atoms with Crippen molar-refractivity contribution in [2.75, 3.05) is 13.2 Å². The molecule has 4 heteroatoms. The summed E-state index contributed by atoms with van der Waals surface area (Å²) in [5, 5.41) is 15.2. The molecular formula is C2H7MoNaO2. The van der Waals surface area contributed by atoms with Gasteiger partial charge in [0.05, 0.1) is 13.2 Å². The Morgan fingerprint density at radius 3 is 1.33 bits per heavy atom. The van der Waals surface area contributed by atoms with Gasteiger partial charge in [-0.25, -0.2) is 0 Å². The first-order valence-corrected chi connectivity index (χ1v) is 1.13. The van der Waals surface area contributed by atoms with E-state index in [0.717, 1.165) is 0 Å². The van der Waals surface area contributed by atoms with Gasteiger partial charge in [0.1, 0.15) is 0 Å². The average molecular weight is 182 g/mol. The van der Waals surface area contributed by atoms with Gasteiger partial charge in [0, 0.05) is 21.1 Å². The summed E-state index contributed by atoms with van der Waals surface area (Å²) in [5.41, 5.74) is 0. The van der Waals surface area contributed by atoms with Crippen molar-refractivity contribution in [3.05, 3.63) is 0 Å². The molecule has 0 bridgehead atoms. The van der Waals surface area contributed by atoms with Gasteiger partial charge in [-0.05, 0) is 0 Å². The summed E-state index contributed by atoms with van der Waals surface area (Å²) in [4.78, 5) is 0. The molecule has 6 heavy (non-hydrogen) atoms. The van der Waals surface area contributed by atoms with E-state index in [2.05, 4.69) is 0 Å². The molecular weight excluding hydrogens is 175 g/mol. The molecule has 2 N–H and O–H groups in total. The fraction of sp³-hybridized carbons (Fsp3) is 1.00. The van der Waals surface area contributed by atoms with Crippen LogP contribution in [0.3, 0.4) is 0 Å². The summed E-state index contributed by atoms with van der Waals surface area (Å²) < 4.78 is 0. The van der Waals surface area contributed by atoms with Gasteiger partial charge in [-0.2, -0.15) is 0 Å². The topological polar surface area (TPSA) is 40.5 Å². The van der Waals surface area contributed by atoms with Crippen LogP contribution < -0.4 is 29.6 Å². The molecule has 0 saturated heterocycles. The van der Waals surface area contributed by atoms with Gasteiger partial charge in [-0.1, -0.05) is 0 Å². The Morgan fingerprint density at radius 1 is 1.17 bits per heavy atom. The summed E-state index contributed by atoms with van der Waals surface area (Å²) in [6.07, 6.45) is 0. The van der Waals surface area contributed by atoms with E-state index in [1.807, 2.05) is 0 Å². The first kappa shape index (κ1) is 15.6. The molecule has 0 aliphatic heterocycles. The second kappa shape index (κ2) is 16.0. The predicted molar refractivity (Wildman–Crippen MR) is 15.3 cm³/mol. The minimum absolute atomic E-state index is 0. The van der Waals surface area contributed by atoms with Crippen LogP contribution in [0.2, 0.25) is 0 Å². The molecule has 0 unspecified atom stereocenters. The molecule has 0 aliphatic rings. The Hall–Kier alpha value is 1.61. The summed E-state index contributed by atoms with van der Waals surface area (Å²) in [6, 6.07) is 0. The third kappa shape index (κ3) is 17.5. The molecule has 0 aromatic carbocycles. The van der Waals surface area contributed by atoms with Crippen molar-refractivity contribution < 1.29 is 62.3 Å². The molecule has 0 heterocycles. The quantitative estimate of drug-likeness (QED) is 0.407. The van der Waals surface area contributed by atoms with Crippen LogP contribution in [-0.2, 0) is 21.1 Å². The van der Waals surface area contributed by atoms with Gasteiger partial charge < -0.3 is 11.6 Å². The van der Waals surface area contributed by atoms with Crippen LogP contribution in [0.4, 0.5) is 0 Å². The smallest absolute Gasteiger partial charge is 1.00 e. The fourth-order valence-corrected chi connectivity index (χ4v) is 0. The van der Waals surface area contributed by atoms with Gasteiger partial charge in [0.15, 0.2) is 0 Å². The number of aliphatic hydroxyl groups excluding tert-OH is 2. The van der Waals surface area contributed by atoms with E-state index in [1.165, 1.54) is 0 Å². The molecule has 34 valence electrons. The standard InChI is InChI=1S/C2H6O2.Mo.Na.H/c3-1-2-4;;;/h3-4H,1-2H2;;;/q;;+1;-1. The van der Waals surface area contributed by atoms with Gasteiger partial charge in [-0.15, -0.1) is 0 Å². The van der Waals surface area contributed by atoms with Crippen molar-refractivity contribution in [3.63, 3.8) is 0 Å². The van der Waals surface area contributed by atoms with Crippen LogP contribution in [0.5, 0.6) is 0 Å². The first-order valence-electron chi connectivity index (χ1n) is 1.13. The second-order valence-corrected chi connectivity index (χ2v) is 0.447. The zero-order chi connectivity index (χ0) is 3.41. The molecule has 0 saturated carbocycles. The van der Waals surface area contributed by atoms with Crippen molar-refractivity contribution in [2.45, 2.75) is 0 Å². The Morgan fingerprint density at radius 2 is 1.33 bits per heavy atom. The van der Waals surface area contributed by atoms with Crippen molar-refractivity contribution in [2.24, 2.45) is 0 Å². The first-order chi connectivity index (χ1) is 1.91. The summed E-state index contributed by atoms with van der Waals surface area (Å²) in [5.74, 6) is 0. The number of rotatable bonds is 1. The Kier molecular flexibility index (Phi) is 41.6. The molecule has 0 amide bonds. The average Bonchev–Trinajstić information content (AvgIpc) is 1.37. The second-order valence-electron chi connectivity index (χ2n) is 0.447. The summed E-state index contributed by atoms with van der Waals surface area (Å²) in [7, 11) is 0. The largest absolute Gasteiger partial charge is 1.00 e. The van der Waals surface area contributed by atoms with Crippen LogP contribution in [-0.4, -0.2) is 23.4 Å². The van der Waals surface area contributed by atoms with Gasteiger partial charge in [-0.3, -0.25) is 0 Å². The Bertz CT molecular complexity index is 17.7. The zero-order valence-electron chi connectivity index (χ0n) is 4.72. The Balaban J connectivity index is -0.0000000150. The normalized spacial score (nSPS) is 5.00. The van der Waals surface area contributed by atoms with E-state index in [9.17, 15) is 0 Å². The Labute approximate surface area is 75.0 Å². The van der Waals surface area contributed by atoms with Crippen molar-refractivity contribution in [3.8, 4) is 0 Å². The van der Waals surface area contributed by atoms with E-state index in [-0.39, 0.29) is 65.3 Å². The van der Waals surface area contributed by atoms with Crippen molar-refractivity contribution in [1.82, 2.24) is 0 Å². The number of aliphatic hydroxyl groups is 2. The van der Waals surface area contributed by atoms with E-state index in [0.29, 0.717) is 0 Å². The fourth-order valence-electron chi connectivity index (χ4n) is 0. The van der Waals surface area contributed by atoms with Gasteiger partial charge >= 0.3 is 29.6 Å². The van der Waals surface area contributed by atoms with Crippen molar-refractivity contribution >= 4 is 0 Å². The van der Waals surface area contributed by atoms with Crippen molar-refractivity contribution in [1.29, 1.82) is 0 Å². The van der Waals surface area contributed by atoms with Crippen LogP contribution in [0.25, 0.3) is 0 Å². The predicted octanol–water partition coefficient (Wildman–Crippen LogP) is -3.91. The van der Waals surface area contributed by atoms with E-state index < -0.39 is 0 Å². The van der Waals surface area contributed by atoms with Crippen LogP contribution in [0.1, 0.15) is 1.43 Å². The third-order valence-electron chi connectivity index (χ3n) is 0.1000. The van der Waals surface area contributed by atoms with Gasteiger partial charge in [0.25, 0.3) is 0 Å². The van der Waals surface area contributed by atoms with E-state index in [1.54, 1.807) is 0 Å². The molecule has 0 aromatic rings. The monoisotopic (exact) mass is 184 g/mol. The van der Waals surface area contributed by atoms with Crippen LogP contribution >= 0.6 is 0 Å². The molecule has 0 spiro atoms. The summed E-state index contributed by atoms with van der Waals surface area (Å²) in [6.45, 7) is -0.250. The maximum Gasteiger partial charge on any atom is 1.00 e. The van der Waals surface area contributed by atoms with E-state index in [4.69, 9.17) is 10.2 Å². The van der Waals surface area contributed by atoms with Crippen LogP contribution in [0, 0.1) is 0 Å². The third-order valence-corrected chi connectivity index (χ3v) is 0.1000. The SMILES string of the molecule is OCCO.[H-].[Mo].[Na+]. The summed E-state index contributed by atoms with van der Waals surface area (Å²) >= 11 is 0. The molecule has 0 atom stereocenters. The molecule has 0 aliphatic carbocycles. The van der Waals surface area contributed by atoms with Gasteiger partial charge in [0.2, 0.25) is 0 Å². The van der Waals surface area contributed by atoms with E-state index >= 15 is 0 Å². The minimum atomic E-state index is -0.125. The molecule has 2 nitrogen and oxygen atoms in total. The maximum absolute atomic E-state index is 7.62. The minimum Gasteiger partial charge on any atom is -1.00 e. The molecule has 0 aromatic heterocycles. The maximum atomic E-state index is 7.62. The molecule has 0 fully saturated rings. The molecule has 0 radical (unpaired) electrons.